The van der Waals surface area contributed by atoms with Gasteiger partial charge in [0.25, 0.3) is 0 Å². The topological polar surface area (TPSA) is 39.2 Å². The molecule has 0 amide bonds. The van der Waals surface area contributed by atoms with Gasteiger partial charge in [0, 0.05) is 11.3 Å². The third-order valence-corrected chi connectivity index (χ3v) is 7.51. The summed E-state index contributed by atoms with van der Waals surface area (Å²) in [5, 5.41) is 1.19. The summed E-state index contributed by atoms with van der Waals surface area (Å²) < 4.78 is 5.68. The zero-order valence-electron chi connectivity index (χ0n) is 16.8. The molecule has 0 unspecified atom stereocenters. The molecule has 3 fully saturated rings. The van der Waals surface area contributed by atoms with Gasteiger partial charge >= 0.3 is 5.97 Å². The molecule has 0 radical (unpaired) electrons. The van der Waals surface area contributed by atoms with Crippen LogP contribution in [0.1, 0.15) is 50.3 Å². The van der Waals surface area contributed by atoms with E-state index in [-0.39, 0.29) is 18.0 Å². The molecule has 1 aliphatic heterocycles. The van der Waals surface area contributed by atoms with Gasteiger partial charge in [0.1, 0.15) is 6.10 Å². The predicted octanol–water partition coefficient (Wildman–Crippen LogP) is 5.56. The number of hydrogen-bond acceptors (Lipinski definition) is 3. The monoisotopic (exact) mass is 375 g/mol. The largest absolute Gasteiger partial charge is 0.462 e. The molecule has 3 aliphatic rings. The summed E-state index contributed by atoms with van der Waals surface area (Å²) in [5.74, 6) is 2.24. The average Bonchev–Trinajstić information content (AvgIpc) is 2.99. The summed E-state index contributed by atoms with van der Waals surface area (Å²) in [7, 11) is 0. The van der Waals surface area contributed by atoms with Gasteiger partial charge in [-0.05, 0) is 62.1 Å². The summed E-state index contributed by atoms with van der Waals surface area (Å²) in [6, 6.07) is 10.6. The fourth-order valence-corrected chi connectivity index (χ4v) is 6.20. The SMILES string of the molecule is Cc1cccc2ccc(/C=C/[C@H]3[C@@H]4CCCC[C@H]4C[C@H]4C(=O)O[C@H](C)[C@@H]34)nc12. The number of fused-ring (bicyclic) bond motifs is 3. The Kier molecular flexibility index (Phi) is 4.49. The highest BCUT2D eigenvalue weighted by molar-refractivity contribution is 5.82. The summed E-state index contributed by atoms with van der Waals surface area (Å²) >= 11 is 0. The van der Waals surface area contributed by atoms with Crippen LogP contribution >= 0.6 is 0 Å². The molecule has 0 spiro atoms. The number of nitrogens with zero attached hydrogens (tertiary/aromatic N) is 1. The first-order valence-electron chi connectivity index (χ1n) is 10.9. The van der Waals surface area contributed by atoms with Crippen molar-refractivity contribution < 1.29 is 9.53 Å². The van der Waals surface area contributed by atoms with E-state index in [0.717, 1.165) is 17.6 Å². The zero-order chi connectivity index (χ0) is 19.3. The molecule has 2 saturated carbocycles. The second-order valence-corrected chi connectivity index (χ2v) is 9.09. The molecule has 1 saturated heterocycles. The number of hydrogen-bond donors (Lipinski definition) is 0. The van der Waals surface area contributed by atoms with E-state index in [2.05, 4.69) is 56.3 Å². The molecule has 6 atom stereocenters. The highest BCUT2D eigenvalue weighted by atomic mass is 16.6. The van der Waals surface area contributed by atoms with Crippen LogP contribution in [-0.4, -0.2) is 17.1 Å². The number of carbonyl (C=O) groups is 1. The van der Waals surface area contributed by atoms with Crippen molar-refractivity contribution in [3.05, 3.63) is 47.7 Å². The Morgan fingerprint density at radius 3 is 2.89 bits per heavy atom. The second kappa shape index (κ2) is 7.02. The minimum absolute atomic E-state index is 0.0295. The first-order valence-corrected chi connectivity index (χ1v) is 10.9. The lowest BCUT2D eigenvalue weighted by atomic mass is 9.57. The molecule has 28 heavy (non-hydrogen) atoms. The van der Waals surface area contributed by atoms with Crippen LogP contribution in [0.3, 0.4) is 0 Å². The maximum Gasteiger partial charge on any atom is 0.309 e. The van der Waals surface area contributed by atoms with Gasteiger partial charge in [-0.2, -0.15) is 0 Å². The smallest absolute Gasteiger partial charge is 0.309 e. The number of allylic oxidation sites excluding steroid dienone is 1. The van der Waals surface area contributed by atoms with E-state index in [4.69, 9.17) is 9.72 Å². The van der Waals surface area contributed by atoms with Crippen molar-refractivity contribution in [2.75, 3.05) is 0 Å². The Morgan fingerprint density at radius 2 is 2.00 bits per heavy atom. The van der Waals surface area contributed by atoms with E-state index in [9.17, 15) is 4.79 Å². The molecule has 146 valence electrons. The van der Waals surface area contributed by atoms with Crippen LogP contribution in [0.5, 0.6) is 0 Å². The molecule has 2 heterocycles. The molecule has 1 aromatic carbocycles. The quantitative estimate of drug-likeness (QED) is 0.645. The Labute approximate surface area is 167 Å². The van der Waals surface area contributed by atoms with Crippen LogP contribution in [0.2, 0.25) is 0 Å². The predicted molar refractivity (Wildman–Crippen MR) is 112 cm³/mol. The Balaban J connectivity index is 1.49. The molecule has 2 aromatic rings. The number of para-hydroxylation sites is 1. The number of rotatable bonds is 2. The molecule has 2 aliphatic carbocycles. The Morgan fingerprint density at radius 1 is 1.14 bits per heavy atom. The number of aromatic nitrogens is 1. The van der Waals surface area contributed by atoms with Crippen LogP contribution in [0.25, 0.3) is 17.0 Å². The maximum absolute atomic E-state index is 12.4. The highest BCUT2D eigenvalue weighted by Gasteiger charge is 2.53. The third kappa shape index (κ3) is 2.96. The molecule has 3 heteroatoms. The van der Waals surface area contributed by atoms with Gasteiger partial charge in [-0.15, -0.1) is 0 Å². The van der Waals surface area contributed by atoms with E-state index >= 15 is 0 Å². The normalized spacial score (nSPS) is 35.0. The van der Waals surface area contributed by atoms with Gasteiger partial charge < -0.3 is 4.74 Å². The summed E-state index contributed by atoms with van der Waals surface area (Å²) in [6.45, 7) is 4.20. The van der Waals surface area contributed by atoms with Crippen LogP contribution < -0.4 is 0 Å². The van der Waals surface area contributed by atoms with Crippen molar-refractivity contribution in [3.8, 4) is 0 Å². The molecule has 0 bridgehead atoms. The number of pyridine rings is 1. The van der Waals surface area contributed by atoms with Gasteiger partial charge in [0.15, 0.2) is 0 Å². The van der Waals surface area contributed by atoms with E-state index in [1.165, 1.54) is 36.6 Å². The van der Waals surface area contributed by atoms with Crippen LogP contribution in [0, 0.1) is 36.5 Å². The van der Waals surface area contributed by atoms with Gasteiger partial charge in [-0.3, -0.25) is 4.79 Å². The standard InChI is InChI=1S/C25H29NO2/c1-15-6-5-8-17-10-11-19(26-24(15)17)12-13-21-20-9-4-3-7-18(20)14-22-23(21)16(2)28-25(22)27/h5-6,8,10-13,16,18,20-23H,3-4,7,9,14H2,1-2H3/b13-12+/t16-,18+,20-,21+,22-,23+/m1/s1. The molecular weight excluding hydrogens is 346 g/mol. The number of ether oxygens (including phenoxy) is 1. The number of esters is 1. The van der Waals surface area contributed by atoms with Crippen LogP contribution in [-0.2, 0) is 9.53 Å². The fraction of sp³-hybridized carbons (Fsp3) is 0.520. The van der Waals surface area contributed by atoms with Gasteiger partial charge in [-0.1, -0.05) is 49.6 Å². The van der Waals surface area contributed by atoms with Gasteiger partial charge in [-0.25, -0.2) is 4.98 Å². The zero-order valence-corrected chi connectivity index (χ0v) is 16.8. The first kappa shape index (κ1) is 17.9. The van der Waals surface area contributed by atoms with Crippen molar-refractivity contribution in [2.45, 2.75) is 52.1 Å². The van der Waals surface area contributed by atoms with E-state index in [0.29, 0.717) is 23.7 Å². The lowest BCUT2D eigenvalue weighted by molar-refractivity contribution is -0.144. The van der Waals surface area contributed by atoms with E-state index in [1.807, 2.05) is 0 Å². The van der Waals surface area contributed by atoms with Crippen molar-refractivity contribution in [1.29, 1.82) is 0 Å². The van der Waals surface area contributed by atoms with Crippen molar-refractivity contribution in [1.82, 2.24) is 4.98 Å². The highest BCUT2D eigenvalue weighted by Crippen LogP contribution is 2.53. The molecular formula is C25H29NO2. The maximum atomic E-state index is 12.4. The number of carbonyl (C=O) groups excluding carboxylic acids is 1. The fourth-order valence-electron chi connectivity index (χ4n) is 6.20. The first-order chi connectivity index (χ1) is 13.6. The number of benzene rings is 1. The summed E-state index contributed by atoms with van der Waals surface area (Å²) in [4.78, 5) is 17.3. The second-order valence-electron chi connectivity index (χ2n) is 9.09. The average molecular weight is 376 g/mol. The lowest BCUT2D eigenvalue weighted by Crippen LogP contribution is -2.42. The molecule has 0 N–H and O–H groups in total. The number of aryl methyl sites for hydroxylation is 1. The van der Waals surface area contributed by atoms with E-state index in [1.54, 1.807) is 0 Å². The van der Waals surface area contributed by atoms with Crippen molar-refractivity contribution in [2.24, 2.45) is 29.6 Å². The van der Waals surface area contributed by atoms with Crippen LogP contribution in [0.15, 0.2) is 36.4 Å². The minimum Gasteiger partial charge on any atom is -0.462 e. The molecule has 1 aromatic heterocycles. The van der Waals surface area contributed by atoms with Crippen molar-refractivity contribution in [3.63, 3.8) is 0 Å². The van der Waals surface area contributed by atoms with Gasteiger partial charge in [0.05, 0.1) is 17.1 Å². The Hall–Kier alpha value is -2.16. The lowest BCUT2D eigenvalue weighted by Gasteiger charge is -2.45. The minimum atomic E-state index is 0.0295. The molecule has 3 nitrogen and oxygen atoms in total. The van der Waals surface area contributed by atoms with Crippen molar-refractivity contribution >= 4 is 22.9 Å². The number of cyclic esters (lactones) is 1. The van der Waals surface area contributed by atoms with E-state index < -0.39 is 0 Å². The Bertz CT molecular complexity index is 933. The summed E-state index contributed by atoms with van der Waals surface area (Å²) in [6.07, 6.45) is 10.8. The molecule has 5 rings (SSSR count). The van der Waals surface area contributed by atoms with Crippen LogP contribution in [0.4, 0.5) is 0 Å². The third-order valence-electron chi connectivity index (χ3n) is 7.51. The van der Waals surface area contributed by atoms with Gasteiger partial charge in [0.2, 0.25) is 0 Å². The summed E-state index contributed by atoms with van der Waals surface area (Å²) in [5.41, 5.74) is 3.30.